The van der Waals surface area contributed by atoms with Crippen LogP contribution in [0.1, 0.15) is 13.8 Å². The molecule has 0 aliphatic rings. The maximum absolute atomic E-state index is 7.73. The van der Waals surface area contributed by atoms with Crippen LogP contribution >= 0.6 is 12.4 Å². The molecule has 1 N–H and O–H groups in total. The molecular formula is C3H8ClNO. The van der Waals surface area contributed by atoms with Crippen molar-refractivity contribution in [3.63, 3.8) is 0 Å². The minimum absolute atomic E-state index is 0. The molecule has 0 aromatic rings. The molecule has 0 atom stereocenters. The van der Waals surface area contributed by atoms with E-state index in [9.17, 15) is 0 Å². The third kappa shape index (κ3) is 9.25. The maximum Gasteiger partial charge on any atom is 0.0509 e. The van der Waals surface area contributed by atoms with Gasteiger partial charge in [0.2, 0.25) is 0 Å². The lowest BCUT2D eigenvalue weighted by Crippen LogP contribution is -1.74. The van der Waals surface area contributed by atoms with E-state index in [1.54, 1.807) is 13.8 Å². The van der Waals surface area contributed by atoms with Gasteiger partial charge in [-0.1, -0.05) is 5.16 Å². The molecule has 0 spiro atoms. The molecule has 0 rings (SSSR count). The largest absolute Gasteiger partial charge is 0.411 e. The van der Waals surface area contributed by atoms with Crippen molar-refractivity contribution in [1.29, 1.82) is 0 Å². The molecule has 0 unspecified atom stereocenters. The SMILES string of the molecule is CC(C)=NO.Cl. The van der Waals surface area contributed by atoms with E-state index in [-0.39, 0.29) is 12.4 Å². The van der Waals surface area contributed by atoms with E-state index in [2.05, 4.69) is 5.16 Å². The van der Waals surface area contributed by atoms with Crippen LogP contribution in [0, 0.1) is 0 Å². The van der Waals surface area contributed by atoms with E-state index < -0.39 is 0 Å². The summed E-state index contributed by atoms with van der Waals surface area (Å²) < 4.78 is 0. The third-order valence-electron chi connectivity index (χ3n) is 0.200. The normalized spacial score (nSPS) is 5.67. The summed E-state index contributed by atoms with van der Waals surface area (Å²) in [6, 6.07) is 0. The van der Waals surface area contributed by atoms with Gasteiger partial charge in [-0.2, -0.15) is 0 Å². The molecule has 0 aliphatic heterocycles. The topological polar surface area (TPSA) is 32.6 Å². The molecule has 0 aromatic heterocycles. The molecule has 0 saturated heterocycles. The lowest BCUT2D eigenvalue weighted by atomic mass is 10.5. The lowest BCUT2D eigenvalue weighted by molar-refractivity contribution is 0.318. The third-order valence-corrected chi connectivity index (χ3v) is 0.200. The number of hydrogen-bond donors (Lipinski definition) is 1. The van der Waals surface area contributed by atoms with Gasteiger partial charge in [-0.3, -0.25) is 0 Å². The first-order valence-electron chi connectivity index (χ1n) is 1.42. The number of hydrogen-bond acceptors (Lipinski definition) is 2. The molecule has 0 bridgehead atoms. The van der Waals surface area contributed by atoms with Gasteiger partial charge in [0.25, 0.3) is 0 Å². The van der Waals surface area contributed by atoms with Gasteiger partial charge in [-0.05, 0) is 13.8 Å². The molecule has 0 aromatic carbocycles. The van der Waals surface area contributed by atoms with Crippen LogP contribution < -0.4 is 0 Å². The molecule has 0 heterocycles. The summed E-state index contributed by atoms with van der Waals surface area (Å²) in [6.07, 6.45) is 0. The van der Waals surface area contributed by atoms with Crippen molar-refractivity contribution in [2.75, 3.05) is 0 Å². The van der Waals surface area contributed by atoms with Crippen LogP contribution in [0.15, 0.2) is 5.16 Å². The van der Waals surface area contributed by atoms with E-state index in [4.69, 9.17) is 5.21 Å². The predicted molar refractivity (Wildman–Crippen MR) is 27.8 cm³/mol. The van der Waals surface area contributed by atoms with Crippen molar-refractivity contribution in [3.05, 3.63) is 0 Å². The predicted octanol–water partition coefficient (Wildman–Crippen LogP) is 1.28. The average molecular weight is 110 g/mol. The molecule has 0 radical (unpaired) electrons. The molecular weight excluding hydrogens is 101 g/mol. The second-order valence-electron chi connectivity index (χ2n) is 1.05. The van der Waals surface area contributed by atoms with Crippen molar-refractivity contribution < 1.29 is 5.21 Å². The van der Waals surface area contributed by atoms with Gasteiger partial charge in [-0.15, -0.1) is 12.4 Å². The fraction of sp³-hybridized carbons (Fsp3) is 0.667. The van der Waals surface area contributed by atoms with Crippen LogP contribution in [-0.2, 0) is 0 Å². The molecule has 3 heteroatoms. The minimum Gasteiger partial charge on any atom is -0.411 e. The van der Waals surface area contributed by atoms with Crippen LogP contribution in [0.4, 0.5) is 0 Å². The first-order chi connectivity index (χ1) is 2.27. The lowest BCUT2D eigenvalue weighted by Gasteiger charge is -1.72. The second kappa shape index (κ2) is 4.76. The van der Waals surface area contributed by atoms with Gasteiger partial charge in [-0.25, -0.2) is 0 Å². The average Bonchev–Trinajstić information content (AvgIpc) is 1.38. The Morgan fingerprint density at radius 3 is 1.67 bits per heavy atom. The van der Waals surface area contributed by atoms with Gasteiger partial charge in [0.05, 0.1) is 5.71 Å². The first-order valence-corrected chi connectivity index (χ1v) is 1.42. The quantitative estimate of drug-likeness (QED) is 0.284. The van der Waals surface area contributed by atoms with E-state index in [1.807, 2.05) is 0 Å². The second-order valence-corrected chi connectivity index (χ2v) is 1.05. The Morgan fingerprint density at radius 2 is 1.67 bits per heavy atom. The smallest absolute Gasteiger partial charge is 0.0509 e. The van der Waals surface area contributed by atoms with Crippen molar-refractivity contribution >= 4 is 18.1 Å². The van der Waals surface area contributed by atoms with Crippen LogP contribution in [0.2, 0.25) is 0 Å². The summed E-state index contributed by atoms with van der Waals surface area (Å²) >= 11 is 0. The standard InChI is InChI=1S/C3H7NO.ClH/c1-3(2)4-5;/h5H,1-2H3;1H. The Morgan fingerprint density at radius 1 is 1.50 bits per heavy atom. The highest BCUT2D eigenvalue weighted by Gasteiger charge is 1.65. The van der Waals surface area contributed by atoms with Crippen molar-refractivity contribution in [3.8, 4) is 0 Å². The fourth-order valence-corrected chi connectivity index (χ4v) is 0. The highest BCUT2D eigenvalue weighted by atomic mass is 35.5. The van der Waals surface area contributed by atoms with E-state index in [1.165, 1.54) is 0 Å². The molecule has 38 valence electrons. The number of nitrogens with zero attached hydrogens (tertiary/aromatic N) is 1. The van der Waals surface area contributed by atoms with Gasteiger partial charge < -0.3 is 5.21 Å². The van der Waals surface area contributed by atoms with Gasteiger partial charge in [0, 0.05) is 0 Å². The van der Waals surface area contributed by atoms with Crippen LogP contribution in [0.3, 0.4) is 0 Å². The van der Waals surface area contributed by atoms with Gasteiger partial charge in [0.15, 0.2) is 0 Å². The van der Waals surface area contributed by atoms with Gasteiger partial charge >= 0.3 is 0 Å². The molecule has 6 heavy (non-hydrogen) atoms. The molecule has 0 fully saturated rings. The maximum atomic E-state index is 7.73. The number of halogens is 1. The van der Waals surface area contributed by atoms with E-state index in [0.29, 0.717) is 5.71 Å². The molecule has 0 amide bonds. The Bertz CT molecular complexity index is 48.8. The summed E-state index contributed by atoms with van der Waals surface area (Å²) in [5.41, 5.74) is 0.685. The Hall–Kier alpha value is -0.240. The number of rotatable bonds is 0. The molecule has 0 saturated carbocycles. The fourth-order valence-electron chi connectivity index (χ4n) is 0. The van der Waals surface area contributed by atoms with E-state index in [0.717, 1.165) is 0 Å². The highest BCUT2D eigenvalue weighted by Crippen LogP contribution is 1.62. The summed E-state index contributed by atoms with van der Waals surface area (Å²) in [7, 11) is 0. The Kier molecular flexibility index (Phi) is 7.32. The van der Waals surface area contributed by atoms with Crippen molar-refractivity contribution in [2.45, 2.75) is 13.8 Å². The summed E-state index contributed by atoms with van der Waals surface area (Å²) in [4.78, 5) is 0. The van der Waals surface area contributed by atoms with Crippen LogP contribution in [0.5, 0.6) is 0 Å². The zero-order chi connectivity index (χ0) is 4.28. The van der Waals surface area contributed by atoms with E-state index >= 15 is 0 Å². The minimum atomic E-state index is 0. The zero-order valence-electron chi connectivity index (χ0n) is 3.80. The Balaban J connectivity index is 0. The van der Waals surface area contributed by atoms with Crippen molar-refractivity contribution in [2.24, 2.45) is 5.16 Å². The van der Waals surface area contributed by atoms with Crippen LogP contribution in [-0.4, -0.2) is 10.9 Å². The summed E-state index contributed by atoms with van der Waals surface area (Å²) in [5, 5.41) is 10.5. The zero-order valence-corrected chi connectivity index (χ0v) is 4.62. The summed E-state index contributed by atoms with van der Waals surface area (Å²) in [6.45, 7) is 3.44. The monoisotopic (exact) mass is 109 g/mol. The molecule has 2 nitrogen and oxygen atoms in total. The van der Waals surface area contributed by atoms with Crippen LogP contribution in [0.25, 0.3) is 0 Å². The first kappa shape index (κ1) is 9.23. The number of oxime groups is 1. The van der Waals surface area contributed by atoms with Crippen molar-refractivity contribution in [1.82, 2.24) is 0 Å². The Labute approximate surface area is 43.3 Å². The molecule has 0 aliphatic carbocycles. The summed E-state index contributed by atoms with van der Waals surface area (Å²) in [5.74, 6) is 0. The van der Waals surface area contributed by atoms with Gasteiger partial charge in [0.1, 0.15) is 0 Å². The highest BCUT2D eigenvalue weighted by molar-refractivity contribution is 5.85.